The molecule has 17 heavy (non-hydrogen) atoms. The van der Waals surface area contributed by atoms with Gasteiger partial charge in [0.15, 0.2) is 0 Å². The number of hydrogen-bond donors (Lipinski definition) is 0. The molecule has 1 heterocycles. The van der Waals surface area contributed by atoms with Crippen molar-refractivity contribution < 1.29 is 4.79 Å². The van der Waals surface area contributed by atoms with Gasteiger partial charge in [0.1, 0.15) is 4.88 Å². The molecule has 88 valence electrons. The van der Waals surface area contributed by atoms with E-state index in [0.29, 0.717) is 0 Å². The Bertz CT molecular complexity index is 533. The van der Waals surface area contributed by atoms with Crippen LogP contribution in [0, 0.1) is 6.92 Å². The predicted molar refractivity (Wildman–Crippen MR) is 75.9 cm³/mol. The van der Waals surface area contributed by atoms with Gasteiger partial charge in [0.05, 0.1) is 0 Å². The van der Waals surface area contributed by atoms with Crippen LogP contribution in [0.2, 0.25) is 0 Å². The lowest BCUT2D eigenvalue weighted by Crippen LogP contribution is -2.25. The number of carbonyl (C=O) groups excluding carboxylic acids is 1. The number of rotatable bonds is 2. The van der Waals surface area contributed by atoms with Crippen molar-refractivity contribution in [3.05, 3.63) is 50.6 Å². The van der Waals surface area contributed by atoms with Crippen LogP contribution in [0.5, 0.6) is 0 Å². The molecule has 0 spiro atoms. The molecule has 0 aliphatic heterocycles. The Balaban J connectivity index is 2.26. The standard InChI is InChI=1S/C13H12BrNOS/c1-9-3-5-10(6-4-9)15(2)13(16)12-11(14)7-8-17-12/h3-8H,1-2H3. The third-order valence-electron chi connectivity index (χ3n) is 2.54. The Morgan fingerprint density at radius 3 is 2.41 bits per heavy atom. The topological polar surface area (TPSA) is 20.3 Å². The number of benzene rings is 1. The smallest absolute Gasteiger partial charge is 0.269 e. The molecule has 0 unspecified atom stereocenters. The second-order valence-electron chi connectivity index (χ2n) is 3.80. The molecule has 0 saturated heterocycles. The van der Waals surface area contributed by atoms with Gasteiger partial charge in [0, 0.05) is 17.2 Å². The van der Waals surface area contributed by atoms with Crippen LogP contribution < -0.4 is 4.90 Å². The Morgan fingerprint density at radius 1 is 1.24 bits per heavy atom. The van der Waals surface area contributed by atoms with Gasteiger partial charge in [-0.05, 0) is 46.4 Å². The minimum atomic E-state index is 0.00993. The predicted octanol–water partition coefficient (Wildman–Crippen LogP) is 4.10. The molecule has 2 nitrogen and oxygen atoms in total. The first-order valence-corrected chi connectivity index (χ1v) is 6.84. The van der Waals surface area contributed by atoms with E-state index < -0.39 is 0 Å². The Kier molecular flexibility index (Phi) is 3.64. The molecule has 4 heteroatoms. The number of aryl methyl sites for hydroxylation is 1. The summed E-state index contributed by atoms with van der Waals surface area (Å²) in [6.07, 6.45) is 0. The first-order valence-electron chi connectivity index (χ1n) is 5.17. The van der Waals surface area contributed by atoms with Crippen molar-refractivity contribution in [2.45, 2.75) is 6.92 Å². The van der Waals surface area contributed by atoms with Crippen LogP contribution in [0.15, 0.2) is 40.2 Å². The van der Waals surface area contributed by atoms with Crippen LogP contribution in [-0.2, 0) is 0 Å². The lowest BCUT2D eigenvalue weighted by atomic mass is 10.2. The zero-order valence-corrected chi connectivity index (χ0v) is 12.0. The minimum Gasteiger partial charge on any atom is -0.311 e. The molecule has 0 radical (unpaired) electrons. The van der Waals surface area contributed by atoms with Gasteiger partial charge in [-0.1, -0.05) is 17.7 Å². The summed E-state index contributed by atoms with van der Waals surface area (Å²) in [4.78, 5) is 14.6. The van der Waals surface area contributed by atoms with Gasteiger partial charge in [0.2, 0.25) is 0 Å². The number of halogens is 1. The Labute approximate surface area is 113 Å². The zero-order chi connectivity index (χ0) is 12.4. The van der Waals surface area contributed by atoms with Crippen LogP contribution in [0.25, 0.3) is 0 Å². The van der Waals surface area contributed by atoms with Crippen LogP contribution in [0.3, 0.4) is 0 Å². The molecular formula is C13H12BrNOS. The third-order valence-corrected chi connectivity index (χ3v) is 4.36. The summed E-state index contributed by atoms with van der Waals surface area (Å²) in [5.74, 6) is 0.00993. The maximum atomic E-state index is 12.2. The molecule has 1 aromatic heterocycles. The van der Waals surface area contributed by atoms with Gasteiger partial charge in [-0.2, -0.15) is 0 Å². The van der Waals surface area contributed by atoms with Crippen molar-refractivity contribution in [3.8, 4) is 0 Å². The SMILES string of the molecule is Cc1ccc(N(C)C(=O)c2sccc2Br)cc1. The monoisotopic (exact) mass is 309 g/mol. The molecule has 0 aliphatic carbocycles. The highest BCUT2D eigenvalue weighted by molar-refractivity contribution is 9.10. The number of nitrogens with zero attached hydrogens (tertiary/aromatic N) is 1. The second-order valence-corrected chi connectivity index (χ2v) is 5.57. The van der Waals surface area contributed by atoms with Crippen molar-refractivity contribution in [3.63, 3.8) is 0 Å². The summed E-state index contributed by atoms with van der Waals surface area (Å²) in [6.45, 7) is 2.03. The summed E-state index contributed by atoms with van der Waals surface area (Å²) < 4.78 is 0.853. The van der Waals surface area contributed by atoms with E-state index in [1.165, 1.54) is 16.9 Å². The van der Waals surface area contributed by atoms with Gasteiger partial charge >= 0.3 is 0 Å². The molecule has 0 N–H and O–H groups in total. The number of hydrogen-bond acceptors (Lipinski definition) is 2. The highest BCUT2D eigenvalue weighted by Gasteiger charge is 2.17. The molecule has 2 aromatic rings. The highest BCUT2D eigenvalue weighted by atomic mass is 79.9. The first kappa shape index (κ1) is 12.3. The minimum absolute atomic E-state index is 0.00993. The molecular weight excluding hydrogens is 298 g/mol. The molecule has 0 bridgehead atoms. The Morgan fingerprint density at radius 2 is 1.88 bits per heavy atom. The van der Waals surface area contributed by atoms with E-state index >= 15 is 0 Å². The van der Waals surface area contributed by atoms with E-state index in [-0.39, 0.29) is 5.91 Å². The number of carbonyl (C=O) groups is 1. The highest BCUT2D eigenvalue weighted by Crippen LogP contribution is 2.25. The van der Waals surface area contributed by atoms with Crippen molar-refractivity contribution in [2.24, 2.45) is 0 Å². The number of amides is 1. The lowest BCUT2D eigenvalue weighted by molar-refractivity contribution is 0.0996. The third kappa shape index (κ3) is 2.58. The molecule has 0 fully saturated rings. The maximum absolute atomic E-state index is 12.2. The van der Waals surface area contributed by atoms with Crippen LogP contribution in [0.4, 0.5) is 5.69 Å². The van der Waals surface area contributed by atoms with E-state index in [9.17, 15) is 4.79 Å². The molecule has 0 atom stereocenters. The molecule has 1 aromatic carbocycles. The summed E-state index contributed by atoms with van der Waals surface area (Å²) >= 11 is 4.83. The quantitative estimate of drug-likeness (QED) is 0.818. The molecule has 1 amide bonds. The average Bonchev–Trinajstić information content (AvgIpc) is 2.74. The van der Waals surface area contributed by atoms with Crippen molar-refractivity contribution >= 4 is 38.9 Å². The average molecular weight is 310 g/mol. The fraction of sp³-hybridized carbons (Fsp3) is 0.154. The van der Waals surface area contributed by atoms with E-state index in [4.69, 9.17) is 0 Å². The number of anilines is 1. The van der Waals surface area contributed by atoms with Gasteiger partial charge in [0.25, 0.3) is 5.91 Å². The van der Waals surface area contributed by atoms with E-state index in [1.807, 2.05) is 42.6 Å². The van der Waals surface area contributed by atoms with E-state index in [1.54, 1.807) is 11.9 Å². The Hall–Kier alpha value is -1.13. The molecule has 0 aliphatic rings. The molecule has 2 rings (SSSR count). The fourth-order valence-electron chi connectivity index (χ4n) is 1.48. The van der Waals surface area contributed by atoms with Crippen molar-refractivity contribution in [1.82, 2.24) is 0 Å². The summed E-state index contributed by atoms with van der Waals surface area (Å²) in [5.41, 5.74) is 2.09. The van der Waals surface area contributed by atoms with E-state index in [2.05, 4.69) is 15.9 Å². The zero-order valence-electron chi connectivity index (χ0n) is 9.61. The lowest BCUT2D eigenvalue weighted by Gasteiger charge is -2.16. The largest absolute Gasteiger partial charge is 0.311 e. The van der Waals surface area contributed by atoms with Gasteiger partial charge in [-0.15, -0.1) is 11.3 Å². The molecule has 0 saturated carbocycles. The van der Waals surface area contributed by atoms with Crippen LogP contribution >= 0.6 is 27.3 Å². The van der Waals surface area contributed by atoms with Crippen LogP contribution in [0.1, 0.15) is 15.2 Å². The summed E-state index contributed by atoms with van der Waals surface area (Å²) in [7, 11) is 1.79. The normalized spacial score (nSPS) is 10.3. The van der Waals surface area contributed by atoms with Crippen LogP contribution in [-0.4, -0.2) is 13.0 Å². The van der Waals surface area contributed by atoms with E-state index in [0.717, 1.165) is 15.0 Å². The van der Waals surface area contributed by atoms with Crippen molar-refractivity contribution in [1.29, 1.82) is 0 Å². The second kappa shape index (κ2) is 5.02. The fourth-order valence-corrected chi connectivity index (χ4v) is 3.00. The van der Waals surface area contributed by atoms with Crippen molar-refractivity contribution in [2.75, 3.05) is 11.9 Å². The maximum Gasteiger partial charge on any atom is 0.269 e. The first-order chi connectivity index (χ1) is 8.09. The van der Waals surface area contributed by atoms with Gasteiger partial charge in [-0.25, -0.2) is 0 Å². The number of thiophene rings is 1. The van der Waals surface area contributed by atoms with Gasteiger partial charge in [-0.3, -0.25) is 4.79 Å². The summed E-state index contributed by atoms with van der Waals surface area (Å²) in [6, 6.07) is 9.80. The summed E-state index contributed by atoms with van der Waals surface area (Å²) in [5, 5.41) is 1.90. The van der Waals surface area contributed by atoms with Gasteiger partial charge < -0.3 is 4.90 Å².